The lowest BCUT2D eigenvalue weighted by molar-refractivity contribution is 0.0193. The van der Waals surface area contributed by atoms with Gasteiger partial charge in [-0.25, -0.2) is 22.8 Å². The number of benzene rings is 1. The molecular formula is C19H22Cl3F3N4O4. The van der Waals surface area contributed by atoms with Crippen molar-refractivity contribution in [3.05, 3.63) is 29.6 Å². The first-order valence-corrected chi connectivity index (χ1v) is 10.6. The van der Waals surface area contributed by atoms with Gasteiger partial charge in [-0.3, -0.25) is 15.2 Å². The molecule has 0 saturated carbocycles. The SMILES string of the molecule is CC(C)(C)OC(=O)NC1=NC(c2cc(N)ccc2F)(C(F)F)CN(C(=O)OCC(Cl)(Cl)Cl)C1. The Morgan fingerprint density at radius 2 is 1.94 bits per heavy atom. The number of nitrogens with zero attached hydrogens (tertiary/aromatic N) is 2. The first kappa shape index (κ1) is 27.1. The van der Waals surface area contributed by atoms with Crippen LogP contribution in [-0.4, -0.2) is 58.4 Å². The monoisotopic (exact) mass is 532 g/mol. The lowest BCUT2D eigenvalue weighted by Crippen LogP contribution is -2.57. The highest BCUT2D eigenvalue weighted by Gasteiger charge is 2.49. The van der Waals surface area contributed by atoms with Gasteiger partial charge in [0.05, 0.1) is 13.1 Å². The van der Waals surface area contributed by atoms with Crippen molar-refractivity contribution in [3.8, 4) is 0 Å². The molecule has 0 saturated heterocycles. The predicted octanol–water partition coefficient (Wildman–Crippen LogP) is 4.61. The van der Waals surface area contributed by atoms with E-state index in [0.29, 0.717) is 0 Å². The van der Waals surface area contributed by atoms with Gasteiger partial charge >= 0.3 is 12.2 Å². The highest BCUT2D eigenvalue weighted by molar-refractivity contribution is 6.67. The van der Waals surface area contributed by atoms with Crippen LogP contribution in [0.5, 0.6) is 0 Å². The molecule has 1 aliphatic heterocycles. The summed E-state index contributed by atoms with van der Waals surface area (Å²) in [6.45, 7) is 2.77. The van der Waals surface area contributed by atoms with E-state index in [0.717, 1.165) is 17.0 Å². The molecule has 33 heavy (non-hydrogen) atoms. The third-order valence-electron chi connectivity index (χ3n) is 4.19. The van der Waals surface area contributed by atoms with Crippen LogP contribution in [0.25, 0.3) is 0 Å². The Hall–Kier alpha value is -2.11. The standard InChI is InChI=1S/C19H22Cl3F3N4O4/c1-17(2,3)33-15(30)27-13-7-29(16(31)32-9-19(20,21)22)8-18(28-13,14(24)25)11-6-10(26)4-5-12(11)23/h4-6,14H,7-9,26H2,1-3H3,(H,27,28,30). The van der Waals surface area contributed by atoms with Gasteiger partial charge in [0.2, 0.25) is 3.79 Å². The number of alkyl carbamates (subject to hydrolysis) is 1. The fourth-order valence-electron chi connectivity index (χ4n) is 2.95. The third-order valence-corrected chi connectivity index (χ3v) is 4.51. The van der Waals surface area contributed by atoms with Crippen molar-refractivity contribution < 1.29 is 32.2 Å². The van der Waals surface area contributed by atoms with Crippen LogP contribution in [-0.2, 0) is 15.0 Å². The van der Waals surface area contributed by atoms with Crippen LogP contribution in [0.4, 0.5) is 28.4 Å². The maximum atomic E-state index is 14.6. The van der Waals surface area contributed by atoms with Crippen molar-refractivity contribution >= 4 is 58.5 Å². The van der Waals surface area contributed by atoms with E-state index >= 15 is 0 Å². The minimum absolute atomic E-state index is 0.0146. The number of rotatable bonds is 3. The average molecular weight is 534 g/mol. The molecule has 2 amide bonds. The van der Waals surface area contributed by atoms with Crippen molar-refractivity contribution in [1.82, 2.24) is 10.2 Å². The first-order chi connectivity index (χ1) is 15.0. The van der Waals surface area contributed by atoms with Crippen LogP contribution in [0.15, 0.2) is 23.2 Å². The van der Waals surface area contributed by atoms with Gasteiger partial charge < -0.3 is 15.2 Å². The van der Waals surface area contributed by atoms with E-state index in [-0.39, 0.29) is 5.69 Å². The summed E-state index contributed by atoms with van der Waals surface area (Å²) < 4.78 is 51.6. The summed E-state index contributed by atoms with van der Waals surface area (Å²) in [5, 5.41) is 2.22. The molecule has 0 spiro atoms. The lowest BCUT2D eigenvalue weighted by atomic mass is 9.88. The second-order valence-corrected chi connectivity index (χ2v) is 10.7. The molecule has 1 heterocycles. The summed E-state index contributed by atoms with van der Waals surface area (Å²) in [6.07, 6.45) is -5.50. The predicted molar refractivity (Wildman–Crippen MR) is 119 cm³/mol. The van der Waals surface area contributed by atoms with E-state index in [1.54, 1.807) is 20.8 Å². The number of hydrogen-bond donors (Lipinski definition) is 2. The molecule has 0 fully saturated rings. The Morgan fingerprint density at radius 3 is 2.48 bits per heavy atom. The van der Waals surface area contributed by atoms with Crippen molar-refractivity contribution in [2.24, 2.45) is 4.99 Å². The summed E-state index contributed by atoms with van der Waals surface area (Å²) in [7, 11) is 0. The fraction of sp³-hybridized carbons (Fsp3) is 0.526. The van der Waals surface area contributed by atoms with E-state index in [9.17, 15) is 22.8 Å². The molecule has 184 valence electrons. The minimum atomic E-state index is -3.33. The Labute approximate surface area is 203 Å². The van der Waals surface area contributed by atoms with Crippen LogP contribution < -0.4 is 11.1 Å². The van der Waals surface area contributed by atoms with Gasteiger partial charge in [0.25, 0.3) is 6.43 Å². The van der Waals surface area contributed by atoms with Gasteiger partial charge in [-0.05, 0) is 39.0 Å². The molecule has 1 aromatic carbocycles. The average Bonchev–Trinajstić information content (AvgIpc) is 2.65. The summed E-state index contributed by atoms with van der Waals surface area (Å²) in [5.41, 5.74) is 1.53. The van der Waals surface area contributed by atoms with E-state index in [1.807, 2.05) is 0 Å². The van der Waals surface area contributed by atoms with E-state index < -0.39 is 70.5 Å². The van der Waals surface area contributed by atoms with Gasteiger partial charge in [0.15, 0.2) is 5.54 Å². The normalized spacial score (nSPS) is 19.2. The lowest BCUT2D eigenvalue weighted by Gasteiger charge is -2.39. The number of aliphatic imine (C=N–C) groups is 1. The van der Waals surface area contributed by atoms with Crippen LogP contribution in [0.2, 0.25) is 0 Å². The highest BCUT2D eigenvalue weighted by Crippen LogP contribution is 2.39. The number of alkyl halides is 5. The van der Waals surface area contributed by atoms with Crippen LogP contribution in [0, 0.1) is 5.82 Å². The number of amides is 2. The van der Waals surface area contributed by atoms with E-state index in [4.69, 9.17) is 50.0 Å². The number of nitrogen functional groups attached to an aromatic ring is 1. The second kappa shape index (κ2) is 10.0. The zero-order valence-electron chi connectivity index (χ0n) is 17.8. The quantitative estimate of drug-likeness (QED) is 0.436. The Bertz CT molecular complexity index is 938. The fourth-order valence-corrected chi connectivity index (χ4v) is 3.11. The van der Waals surface area contributed by atoms with Gasteiger partial charge in [-0.1, -0.05) is 34.8 Å². The number of hydrogen-bond acceptors (Lipinski definition) is 6. The number of nitrogens with two attached hydrogens (primary N) is 1. The number of carbonyl (C=O) groups is 2. The van der Waals surface area contributed by atoms with Gasteiger partial charge in [0.1, 0.15) is 23.9 Å². The molecule has 3 N–H and O–H groups in total. The summed E-state index contributed by atoms with van der Waals surface area (Å²) in [5.74, 6) is -1.44. The van der Waals surface area contributed by atoms with Crippen molar-refractivity contribution in [3.63, 3.8) is 0 Å². The molecule has 0 aliphatic carbocycles. The third kappa shape index (κ3) is 7.44. The summed E-state index contributed by atoms with van der Waals surface area (Å²) >= 11 is 16.7. The number of nitrogens with one attached hydrogen (secondary N) is 1. The summed E-state index contributed by atoms with van der Waals surface area (Å²) in [6, 6.07) is 3.05. The maximum absolute atomic E-state index is 14.6. The Balaban J connectivity index is 2.51. The Morgan fingerprint density at radius 1 is 1.30 bits per heavy atom. The molecule has 1 aromatic rings. The highest BCUT2D eigenvalue weighted by atomic mass is 35.6. The Kier molecular flexibility index (Phi) is 8.24. The smallest absolute Gasteiger partial charge is 0.413 e. The molecule has 0 bridgehead atoms. The molecule has 2 rings (SSSR count). The number of halogens is 6. The first-order valence-electron chi connectivity index (χ1n) is 9.43. The zero-order valence-corrected chi connectivity index (χ0v) is 20.1. The van der Waals surface area contributed by atoms with Crippen molar-refractivity contribution in [2.45, 2.75) is 42.1 Å². The van der Waals surface area contributed by atoms with Crippen LogP contribution in [0.1, 0.15) is 26.3 Å². The van der Waals surface area contributed by atoms with Crippen LogP contribution in [0.3, 0.4) is 0 Å². The van der Waals surface area contributed by atoms with Crippen molar-refractivity contribution in [2.75, 3.05) is 25.4 Å². The topological polar surface area (TPSA) is 106 Å². The van der Waals surface area contributed by atoms with Gasteiger partial charge in [-0.2, -0.15) is 0 Å². The van der Waals surface area contributed by atoms with Gasteiger partial charge in [-0.15, -0.1) is 0 Å². The molecule has 0 radical (unpaired) electrons. The minimum Gasteiger partial charge on any atom is -0.445 e. The van der Waals surface area contributed by atoms with Crippen LogP contribution >= 0.6 is 34.8 Å². The molecule has 0 aromatic heterocycles. The molecule has 8 nitrogen and oxygen atoms in total. The number of amidine groups is 1. The van der Waals surface area contributed by atoms with E-state index in [1.165, 1.54) is 6.07 Å². The van der Waals surface area contributed by atoms with E-state index in [2.05, 4.69) is 10.3 Å². The number of ether oxygens (including phenoxy) is 2. The number of carbonyl (C=O) groups excluding carboxylic acids is 2. The molecule has 1 atom stereocenters. The van der Waals surface area contributed by atoms with Crippen molar-refractivity contribution in [1.29, 1.82) is 0 Å². The maximum Gasteiger partial charge on any atom is 0.413 e. The second-order valence-electron chi connectivity index (χ2n) is 8.18. The zero-order chi connectivity index (χ0) is 25.2. The molecule has 1 unspecified atom stereocenters. The molecule has 1 aliphatic rings. The molecular weight excluding hydrogens is 512 g/mol. The number of anilines is 1. The summed E-state index contributed by atoms with van der Waals surface area (Å²) in [4.78, 5) is 29.5. The largest absolute Gasteiger partial charge is 0.445 e. The molecule has 14 heteroatoms. The van der Waals surface area contributed by atoms with Gasteiger partial charge in [0, 0.05) is 11.3 Å².